The number of carbonyl (C=O) groups is 2. The van der Waals surface area contributed by atoms with Crippen molar-refractivity contribution in [1.29, 1.82) is 0 Å². The van der Waals surface area contributed by atoms with E-state index in [9.17, 15) is 18.8 Å². The Balaban J connectivity index is 2.43. The second-order valence-corrected chi connectivity index (χ2v) is 4.16. The van der Waals surface area contributed by atoms with E-state index in [0.29, 0.717) is 0 Å². The van der Waals surface area contributed by atoms with Crippen LogP contribution in [0.25, 0.3) is 11.0 Å². The second-order valence-electron chi connectivity index (χ2n) is 4.16. The second kappa shape index (κ2) is 5.12. The van der Waals surface area contributed by atoms with Crippen LogP contribution in [0.5, 0.6) is 0 Å². The third kappa shape index (κ3) is 2.66. The molecule has 0 saturated carbocycles. The first-order valence-corrected chi connectivity index (χ1v) is 5.65. The van der Waals surface area contributed by atoms with Gasteiger partial charge in [-0.05, 0) is 31.2 Å². The molecule has 1 aromatic carbocycles. The standard InChI is InChI=1S/C13H10FNO5/c1-6(12(17)18)15-11(16)9-5-7-4-8(14)2-3-10(7)20-13(9)19/h2-6H,1H3,(H,15,16)(H,17,18). The minimum Gasteiger partial charge on any atom is -0.480 e. The lowest BCUT2D eigenvalue weighted by molar-refractivity contribution is -0.138. The highest BCUT2D eigenvalue weighted by molar-refractivity contribution is 5.98. The molecule has 2 rings (SSSR count). The summed E-state index contributed by atoms with van der Waals surface area (Å²) < 4.78 is 18.0. The zero-order chi connectivity index (χ0) is 14.9. The maximum atomic E-state index is 13.1. The summed E-state index contributed by atoms with van der Waals surface area (Å²) in [5.41, 5.74) is -1.16. The Hall–Kier alpha value is -2.70. The molecular formula is C13H10FNO5. The van der Waals surface area contributed by atoms with Crippen molar-refractivity contribution >= 4 is 22.8 Å². The zero-order valence-electron chi connectivity index (χ0n) is 10.3. The number of hydrogen-bond acceptors (Lipinski definition) is 4. The van der Waals surface area contributed by atoms with Crippen molar-refractivity contribution in [1.82, 2.24) is 5.32 Å². The number of carboxylic acids is 1. The molecule has 20 heavy (non-hydrogen) atoms. The van der Waals surface area contributed by atoms with Gasteiger partial charge in [-0.15, -0.1) is 0 Å². The summed E-state index contributed by atoms with van der Waals surface area (Å²) in [6.45, 7) is 1.25. The smallest absolute Gasteiger partial charge is 0.349 e. The molecule has 7 heteroatoms. The molecule has 1 aromatic heterocycles. The lowest BCUT2D eigenvalue weighted by Gasteiger charge is -2.08. The number of hydrogen-bond donors (Lipinski definition) is 2. The van der Waals surface area contributed by atoms with Crippen LogP contribution in [0.3, 0.4) is 0 Å². The predicted octanol–water partition coefficient (Wildman–Crippen LogP) is 1.14. The van der Waals surface area contributed by atoms with E-state index in [1.807, 2.05) is 0 Å². The molecular weight excluding hydrogens is 269 g/mol. The molecule has 0 fully saturated rings. The van der Waals surface area contributed by atoms with E-state index in [0.717, 1.165) is 18.2 Å². The van der Waals surface area contributed by atoms with Crippen molar-refractivity contribution < 1.29 is 23.5 Å². The SMILES string of the molecule is CC(NC(=O)c1cc2cc(F)ccc2oc1=O)C(=O)O. The van der Waals surface area contributed by atoms with Crippen molar-refractivity contribution in [3.63, 3.8) is 0 Å². The summed E-state index contributed by atoms with van der Waals surface area (Å²) in [6, 6.07) is 3.50. The largest absolute Gasteiger partial charge is 0.480 e. The first-order chi connectivity index (χ1) is 9.38. The summed E-state index contributed by atoms with van der Waals surface area (Å²) in [6.07, 6.45) is 0. The van der Waals surface area contributed by atoms with Gasteiger partial charge in [-0.2, -0.15) is 0 Å². The Morgan fingerprint density at radius 2 is 2.05 bits per heavy atom. The number of halogens is 1. The van der Waals surface area contributed by atoms with Crippen molar-refractivity contribution in [3.8, 4) is 0 Å². The fraction of sp³-hybridized carbons (Fsp3) is 0.154. The van der Waals surface area contributed by atoms with Crippen molar-refractivity contribution in [2.24, 2.45) is 0 Å². The van der Waals surface area contributed by atoms with Crippen LogP contribution in [0.4, 0.5) is 4.39 Å². The normalized spacial score (nSPS) is 12.1. The number of amides is 1. The number of nitrogens with one attached hydrogen (secondary N) is 1. The van der Waals surface area contributed by atoms with Gasteiger partial charge in [0.25, 0.3) is 5.91 Å². The Bertz CT molecular complexity index is 752. The van der Waals surface area contributed by atoms with Gasteiger partial charge in [0.2, 0.25) is 0 Å². The molecule has 0 spiro atoms. The summed E-state index contributed by atoms with van der Waals surface area (Å²) >= 11 is 0. The molecule has 104 valence electrons. The molecule has 0 bridgehead atoms. The number of aliphatic carboxylic acids is 1. The summed E-state index contributed by atoms with van der Waals surface area (Å²) in [5, 5.41) is 11.0. The highest BCUT2D eigenvalue weighted by Crippen LogP contribution is 2.14. The van der Waals surface area contributed by atoms with Gasteiger partial charge < -0.3 is 14.8 Å². The van der Waals surface area contributed by atoms with Crippen LogP contribution >= 0.6 is 0 Å². The number of fused-ring (bicyclic) bond motifs is 1. The molecule has 1 atom stereocenters. The van der Waals surface area contributed by atoms with Crippen molar-refractivity contribution in [2.45, 2.75) is 13.0 Å². The highest BCUT2D eigenvalue weighted by Gasteiger charge is 2.19. The first-order valence-electron chi connectivity index (χ1n) is 5.65. The highest BCUT2D eigenvalue weighted by atomic mass is 19.1. The molecule has 0 radical (unpaired) electrons. The number of carboxylic acid groups (broad SMARTS) is 1. The average Bonchev–Trinajstić information content (AvgIpc) is 2.38. The molecule has 1 heterocycles. The number of rotatable bonds is 3. The Morgan fingerprint density at radius 1 is 1.35 bits per heavy atom. The maximum Gasteiger partial charge on any atom is 0.349 e. The number of benzene rings is 1. The molecule has 2 aromatic rings. The van der Waals surface area contributed by atoms with Gasteiger partial charge in [-0.1, -0.05) is 0 Å². The minimum atomic E-state index is -1.24. The molecule has 0 saturated heterocycles. The molecule has 0 aliphatic rings. The average molecular weight is 279 g/mol. The Labute approximate surface area is 111 Å². The molecule has 6 nitrogen and oxygen atoms in total. The van der Waals surface area contributed by atoms with Crippen LogP contribution < -0.4 is 10.9 Å². The molecule has 2 N–H and O–H groups in total. The van der Waals surface area contributed by atoms with E-state index in [1.54, 1.807) is 0 Å². The first kappa shape index (κ1) is 13.7. The fourth-order valence-electron chi connectivity index (χ4n) is 1.59. The molecule has 1 amide bonds. The molecule has 0 aliphatic carbocycles. The summed E-state index contributed by atoms with van der Waals surface area (Å²) in [4.78, 5) is 34.1. The van der Waals surface area contributed by atoms with Crippen molar-refractivity contribution in [3.05, 3.63) is 46.1 Å². The predicted molar refractivity (Wildman–Crippen MR) is 67.0 cm³/mol. The van der Waals surface area contributed by atoms with Crippen molar-refractivity contribution in [2.75, 3.05) is 0 Å². The van der Waals surface area contributed by atoms with Crippen LogP contribution in [0, 0.1) is 5.82 Å². The lowest BCUT2D eigenvalue weighted by Crippen LogP contribution is -2.40. The Kier molecular flexibility index (Phi) is 3.51. The fourth-order valence-corrected chi connectivity index (χ4v) is 1.59. The van der Waals surface area contributed by atoms with Crippen LogP contribution in [0.15, 0.2) is 33.5 Å². The Morgan fingerprint density at radius 3 is 2.70 bits per heavy atom. The van der Waals surface area contributed by atoms with Crippen LogP contribution in [-0.4, -0.2) is 23.0 Å². The van der Waals surface area contributed by atoms with E-state index >= 15 is 0 Å². The third-order valence-electron chi connectivity index (χ3n) is 2.66. The monoisotopic (exact) mass is 279 g/mol. The summed E-state index contributed by atoms with van der Waals surface area (Å²) in [5.74, 6) is -2.68. The van der Waals surface area contributed by atoms with Gasteiger partial charge in [0.05, 0.1) is 0 Å². The molecule has 0 aliphatic heterocycles. The van der Waals surface area contributed by atoms with Gasteiger partial charge in [0, 0.05) is 5.39 Å². The van der Waals surface area contributed by atoms with E-state index in [4.69, 9.17) is 9.52 Å². The van der Waals surface area contributed by atoms with E-state index < -0.39 is 29.4 Å². The van der Waals surface area contributed by atoms with Gasteiger partial charge in [-0.25, -0.2) is 9.18 Å². The lowest BCUT2D eigenvalue weighted by atomic mass is 10.1. The maximum absolute atomic E-state index is 13.1. The van der Waals surface area contributed by atoms with E-state index in [2.05, 4.69) is 5.32 Å². The minimum absolute atomic E-state index is 0.138. The van der Waals surface area contributed by atoms with E-state index in [1.165, 1.54) is 13.0 Å². The quantitative estimate of drug-likeness (QED) is 0.821. The van der Waals surface area contributed by atoms with Gasteiger partial charge >= 0.3 is 11.6 Å². The topological polar surface area (TPSA) is 96.6 Å². The van der Waals surface area contributed by atoms with Gasteiger partial charge in [0.1, 0.15) is 23.0 Å². The van der Waals surface area contributed by atoms with Crippen LogP contribution in [-0.2, 0) is 4.79 Å². The van der Waals surface area contributed by atoms with Gasteiger partial charge in [0.15, 0.2) is 0 Å². The zero-order valence-corrected chi connectivity index (χ0v) is 10.3. The molecule has 1 unspecified atom stereocenters. The van der Waals surface area contributed by atoms with Crippen LogP contribution in [0.2, 0.25) is 0 Å². The van der Waals surface area contributed by atoms with Crippen LogP contribution in [0.1, 0.15) is 17.3 Å². The summed E-state index contributed by atoms with van der Waals surface area (Å²) in [7, 11) is 0. The van der Waals surface area contributed by atoms with E-state index in [-0.39, 0.29) is 16.5 Å². The third-order valence-corrected chi connectivity index (χ3v) is 2.66. The van der Waals surface area contributed by atoms with Gasteiger partial charge in [-0.3, -0.25) is 9.59 Å². The number of carbonyl (C=O) groups excluding carboxylic acids is 1.